The van der Waals surface area contributed by atoms with Gasteiger partial charge in [-0.2, -0.15) is 0 Å². The molecule has 66 valence electrons. The molecule has 1 fully saturated rings. The maximum atomic E-state index is 10.6. The summed E-state index contributed by atoms with van der Waals surface area (Å²) in [6.45, 7) is 0. The van der Waals surface area contributed by atoms with E-state index in [4.69, 9.17) is 10.8 Å². The standard InChI is InChI=1S/C9H13NO2/c10-8(9(11)12)7-4-5-1-2-6(7)3-5/h1-2,5-8H,3-4,10H2,(H,11,12)/t5-,6+,7?,8?/m1/s1. The van der Waals surface area contributed by atoms with Crippen LogP contribution < -0.4 is 5.73 Å². The first kappa shape index (κ1) is 7.80. The number of fused-ring (bicyclic) bond motifs is 2. The lowest BCUT2D eigenvalue weighted by molar-refractivity contribution is -0.140. The van der Waals surface area contributed by atoms with E-state index < -0.39 is 12.0 Å². The van der Waals surface area contributed by atoms with E-state index in [2.05, 4.69) is 12.2 Å². The number of carbonyl (C=O) groups is 1. The maximum Gasteiger partial charge on any atom is 0.320 e. The molecule has 2 bridgehead atoms. The summed E-state index contributed by atoms with van der Waals surface area (Å²) in [5, 5.41) is 8.72. The average Bonchev–Trinajstić information content (AvgIpc) is 2.62. The molecule has 3 heteroatoms. The van der Waals surface area contributed by atoms with Gasteiger partial charge < -0.3 is 10.8 Å². The third-order valence-corrected chi connectivity index (χ3v) is 3.08. The number of rotatable bonds is 2. The van der Waals surface area contributed by atoms with Gasteiger partial charge >= 0.3 is 5.97 Å². The van der Waals surface area contributed by atoms with Gasteiger partial charge in [0.15, 0.2) is 0 Å². The Morgan fingerprint density at radius 1 is 1.50 bits per heavy atom. The number of aliphatic carboxylic acids is 1. The van der Waals surface area contributed by atoms with Crippen LogP contribution in [0.2, 0.25) is 0 Å². The molecule has 0 aromatic rings. The van der Waals surface area contributed by atoms with Crippen molar-refractivity contribution < 1.29 is 9.90 Å². The van der Waals surface area contributed by atoms with Crippen molar-refractivity contribution in [3.8, 4) is 0 Å². The predicted octanol–water partition coefficient (Wildman–Crippen LogP) is 0.610. The molecule has 12 heavy (non-hydrogen) atoms. The van der Waals surface area contributed by atoms with Crippen molar-refractivity contribution in [2.45, 2.75) is 18.9 Å². The molecule has 0 heterocycles. The number of allylic oxidation sites excluding steroid dienone is 2. The Kier molecular flexibility index (Phi) is 1.68. The molecule has 0 radical (unpaired) electrons. The molecule has 0 aromatic carbocycles. The van der Waals surface area contributed by atoms with Crippen molar-refractivity contribution in [3.63, 3.8) is 0 Å². The summed E-state index contributed by atoms with van der Waals surface area (Å²) in [6.07, 6.45) is 6.40. The minimum atomic E-state index is -0.860. The zero-order valence-corrected chi connectivity index (χ0v) is 6.81. The third kappa shape index (κ3) is 1.05. The second kappa shape index (κ2) is 2.59. The highest BCUT2D eigenvalue weighted by Gasteiger charge is 2.40. The predicted molar refractivity (Wildman–Crippen MR) is 44.5 cm³/mol. The minimum absolute atomic E-state index is 0.178. The van der Waals surface area contributed by atoms with E-state index in [9.17, 15) is 4.79 Å². The first-order valence-corrected chi connectivity index (χ1v) is 4.35. The van der Waals surface area contributed by atoms with Gasteiger partial charge in [0, 0.05) is 0 Å². The van der Waals surface area contributed by atoms with Gasteiger partial charge in [-0.25, -0.2) is 0 Å². The van der Waals surface area contributed by atoms with E-state index in [0.29, 0.717) is 11.8 Å². The Balaban J connectivity index is 2.07. The fourth-order valence-corrected chi connectivity index (χ4v) is 2.42. The van der Waals surface area contributed by atoms with Crippen LogP contribution in [0, 0.1) is 17.8 Å². The average molecular weight is 167 g/mol. The minimum Gasteiger partial charge on any atom is -0.480 e. The SMILES string of the molecule is NC(C(=O)O)C1C[C@@H]2C=C[C@H]1C2. The largest absolute Gasteiger partial charge is 0.480 e. The van der Waals surface area contributed by atoms with Crippen molar-refractivity contribution >= 4 is 5.97 Å². The number of nitrogens with two attached hydrogens (primary N) is 1. The fraction of sp³-hybridized carbons (Fsp3) is 0.667. The van der Waals surface area contributed by atoms with Crippen LogP contribution in [0.15, 0.2) is 12.2 Å². The lowest BCUT2D eigenvalue weighted by Crippen LogP contribution is -2.39. The van der Waals surface area contributed by atoms with Gasteiger partial charge in [-0.3, -0.25) is 4.79 Å². The van der Waals surface area contributed by atoms with E-state index in [1.165, 1.54) is 0 Å². The third-order valence-electron chi connectivity index (χ3n) is 3.08. The van der Waals surface area contributed by atoms with Crippen LogP contribution in [0.25, 0.3) is 0 Å². The van der Waals surface area contributed by atoms with Crippen LogP contribution in [-0.4, -0.2) is 17.1 Å². The van der Waals surface area contributed by atoms with Crippen LogP contribution in [0.4, 0.5) is 0 Å². The monoisotopic (exact) mass is 167 g/mol. The summed E-state index contributed by atoms with van der Waals surface area (Å²) < 4.78 is 0. The van der Waals surface area contributed by atoms with Gasteiger partial charge in [-0.15, -0.1) is 0 Å². The Bertz CT molecular complexity index is 237. The molecule has 2 unspecified atom stereocenters. The van der Waals surface area contributed by atoms with Gasteiger partial charge in [0.25, 0.3) is 0 Å². The first-order chi connectivity index (χ1) is 5.68. The smallest absolute Gasteiger partial charge is 0.320 e. The first-order valence-electron chi connectivity index (χ1n) is 4.35. The molecule has 2 aliphatic rings. The Morgan fingerprint density at radius 3 is 2.67 bits per heavy atom. The molecular weight excluding hydrogens is 154 g/mol. The topological polar surface area (TPSA) is 63.3 Å². The lowest BCUT2D eigenvalue weighted by atomic mass is 9.87. The normalized spacial score (nSPS) is 40.2. The molecule has 3 nitrogen and oxygen atoms in total. The highest BCUT2D eigenvalue weighted by atomic mass is 16.4. The van der Waals surface area contributed by atoms with E-state index in [1.54, 1.807) is 0 Å². The summed E-state index contributed by atoms with van der Waals surface area (Å²) in [6, 6.07) is -0.662. The second-order valence-corrected chi connectivity index (χ2v) is 3.81. The van der Waals surface area contributed by atoms with E-state index >= 15 is 0 Å². The summed E-state index contributed by atoms with van der Waals surface area (Å²) in [4.78, 5) is 10.6. The van der Waals surface area contributed by atoms with Crippen molar-refractivity contribution in [2.24, 2.45) is 23.5 Å². The van der Waals surface area contributed by atoms with Crippen molar-refractivity contribution in [1.29, 1.82) is 0 Å². The summed E-state index contributed by atoms with van der Waals surface area (Å²) in [7, 11) is 0. The van der Waals surface area contributed by atoms with Crippen LogP contribution in [0.1, 0.15) is 12.8 Å². The Labute approximate surface area is 71.3 Å². The number of carboxylic acid groups (broad SMARTS) is 1. The number of hydrogen-bond acceptors (Lipinski definition) is 2. The second-order valence-electron chi connectivity index (χ2n) is 3.81. The fourth-order valence-electron chi connectivity index (χ4n) is 2.42. The van der Waals surface area contributed by atoms with Crippen LogP contribution in [-0.2, 0) is 4.79 Å². The molecule has 0 aliphatic heterocycles. The molecule has 0 saturated heterocycles. The van der Waals surface area contributed by atoms with Crippen molar-refractivity contribution in [1.82, 2.24) is 0 Å². The highest BCUT2D eigenvalue weighted by Crippen LogP contribution is 2.44. The number of carboxylic acids is 1. The lowest BCUT2D eigenvalue weighted by Gasteiger charge is -2.21. The van der Waals surface area contributed by atoms with Crippen molar-refractivity contribution in [3.05, 3.63) is 12.2 Å². The molecule has 0 amide bonds. The van der Waals surface area contributed by atoms with Crippen LogP contribution >= 0.6 is 0 Å². The Morgan fingerprint density at radius 2 is 2.25 bits per heavy atom. The van der Waals surface area contributed by atoms with Crippen LogP contribution in [0.3, 0.4) is 0 Å². The zero-order chi connectivity index (χ0) is 8.72. The highest BCUT2D eigenvalue weighted by molar-refractivity contribution is 5.73. The summed E-state index contributed by atoms with van der Waals surface area (Å²) in [5.74, 6) is 0.352. The maximum absolute atomic E-state index is 10.6. The van der Waals surface area contributed by atoms with E-state index in [0.717, 1.165) is 12.8 Å². The molecule has 0 aromatic heterocycles. The molecule has 2 rings (SSSR count). The zero-order valence-electron chi connectivity index (χ0n) is 6.81. The molecule has 0 spiro atoms. The quantitative estimate of drug-likeness (QED) is 0.592. The number of hydrogen-bond donors (Lipinski definition) is 2. The summed E-state index contributed by atoms with van der Waals surface area (Å²) >= 11 is 0. The van der Waals surface area contributed by atoms with E-state index in [1.807, 2.05) is 0 Å². The molecule has 3 N–H and O–H groups in total. The molecule has 2 aliphatic carbocycles. The van der Waals surface area contributed by atoms with Gasteiger partial charge in [0.2, 0.25) is 0 Å². The van der Waals surface area contributed by atoms with Crippen molar-refractivity contribution in [2.75, 3.05) is 0 Å². The van der Waals surface area contributed by atoms with Gasteiger partial charge in [0.05, 0.1) is 0 Å². The molecule has 1 saturated carbocycles. The van der Waals surface area contributed by atoms with Gasteiger partial charge in [-0.1, -0.05) is 12.2 Å². The summed E-state index contributed by atoms with van der Waals surface area (Å²) in [5.41, 5.74) is 5.57. The molecular formula is C9H13NO2. The van der Waals surface area contributed by atoms with E-state index in [-0.39, 0.29) is 5.92 Å². The van der Waals surface area contributed by atoms with Crippen LogP contribution in [0.5, 0.6) is 0 Å². The molecule has 4 atom stereocenters. The van der Waals surface area contributed by atoms with Gasteiger partial charge in [0.1, 0.15) is 6.04 Å². The Hall–Kier alpha value is -0.830. The van der Waals surface area contributed by atoms with Gasteiger partial charge in [-0.05, 0) is 30.6 Å².